The molecule has 3 unspecified atom stereocenters. The van der Waals surface area contributed by atoms with Crippen LogP contribution in [-0.4, -0.2) is 57.7 Å². The lowest BCUT2D eigenvalue weighted by atomic mass is 10.3. The van der Waals surface area contributed by atoms with E-state index in [4.69, 9.17) is 4.74 Å². The maximum Gasteiger partial charge on any atom is 0.279 e. The van der Waals surface area contributed by atoms with Crippen LogP contribution in [-0.2, 0) is 14.9 Å². The first kappa shape index (κ1) is 14.8. The Morgan fingerprint density at radius 3 is 2.35 bits per heavy atom. The molecule has 1 saturated heterocycles. The first-order chi connectivity index (χ1) is 7.85. The molecular formula is C10H23N3O3S. The van der Waals surface area contributed by atoms with E-state index >= 15 is 0 Å². The van der Waals surface area contributed by atoms with Crippen molar-refractivity contribution in [2.45, 2.75) is 39.0 Å². The molecule has 7 heteroatoms. The average Bonchev–Trinajstić information content (AvgIpc) is 2.24. The predicted octanol–water partition coefficient (Wildman–Crippen LogP) is -0.462. The van der Waals surface area contributed by atoms with Crippen LogP contribution in [0.3, 0.4) is 0 Å². The highest BCUT2D eigenvalue weighted by Gasteiger charge is 2.30. The Kier molecular flexibility index (Phi) is 5.33. The van der Waals surface area contributed by atoms with Gasteiger partial charge in [-0.25, -0.2) is 4.72 Å². The van der Waals surface area contributed by atoms with Crippen molar-refractivity contribution in [3.8, 4) is 0 Å². The third kappa shape index (κ3) is 4.51. The summed E-state index contributed by atoms with van der Waals surface area (Å²) in [4.78, 5) is 0. The number of ether oxygens (including phenoxy) is 1. The molecule has 0 aliphatic carbocycles. The number of nitrogens with one attached hydrogen (secondary N) is 2. The molecule has 1 aliphatic rings. The molecule has 3 atom stereocenters. The van der Waals surface area contributed by atoms with Crippen molar-refractivity contribution >= 4 is 10.2 Å². The van der Waals surface area contributed by atoms with Gasteiger partial charge in [-0.1, -0.05) is 0 Å². The summed E-state index contributed by atoms with van der Waals surface area (Å²) in [6.45, 7) is 6.90. The van der Waals surface area contributed by atoms with Gasteiger partial charge in [0.05, 0.1) is 12.2 Å². The smallest absolute Gasteiger partial charge is 0.279 e. The van der Waals surface area contributed by atoms with Gasteiger partial charge in [-0.3, -0.25) is 0 Å². The minimum Gasteiger partial charge on any atom is -0.373 e. The summed E-state index contributed by atoms with van der Waals surface area (Å²) in [5.41, 5.74) is 0. The van der Waals surface area contributed by atoms with Crippen molar-refractivity contribution < 1.29 is 13.2 Å². The van der Waals surface area contributed by atoms with Crippen LogP contribution in [0.1, 0.15) is 20.8 Å². The summed E-state index contributed by atoms with van der Waals surface area (Å²) < 4.78 is 33.6. The van der Waals surface area contributed by atoms with E-state index in [1.807, 2.05) is 20.8 Å². The Labute approximate surface area is 104 Å². The normalized spacial score (nSPS) is 29.2. The van der Waals surface area contributed by atoms with Crippen LogP contribution in [0, 0.1) is 0 Å². The van der Waals surface area contributed by atoms with Crippen molar-refractivity contribution in [3.05, 3.63) is 0 Å². The summed E-state index contributed by atoms with van der Waals surface area (Å²) in [6.07, 6.45) is -0.117. The standard InChI is InChI=1S/C10H23N3O3S/c1-8(11-4)5-12-17(14,15)13-6-9(2)16-10(3)7-13/h8-12H,5-7H2,1-4H3. The van der Waals surface area contributed by atoms with Gasteiger partial charge < -0.3 is 10.1 Å². The monoisotopic (exact) mass is 265 g/mol. The van der Waals surface area contributed by atoms with E-state index in [1.165, 1.54) is 4.31 Å². The van der Waals surface area contributed by atoms with Crippen molar-refractivity contribution in [2.24, 2.45) is 0 Å². The van der Waals surface area contributed by atoms with Gasteiger partial charge in [0.2, 0.25) is 0 Å². The molecule has 0 aromatic heterocycles. The van der Waals surface area contributed by atoms with Crippen molar-refractivity contribution in [1.82, 2.24) is 14.3 Å². The first-order valence-electron chi connectivity index (χ1n) is 5.92. The van der Waals surface area contributed by atoms with E-state index in [0.29, 0.717) is 19.6 Å². The zero-order valence-corrected chi connectivity index (χ0v) is 11.8. The Hall–Kier alpha value is -0.210. The largest absolute Gasteiger partial charge is 0.373 e. The maximum atomic E-state index is 12.0. The highest BCUT2D eigenvalue weighted by Crippen LogP contribution is 2.13. The minimum absolute atomic E-state index is 0.0583. The number of hydrogen-bond donors (Lipinski definition) is 2. The highest BCUT2D eigenvalue weighted by molar-refractivity contribution is 7.87. The molecule has 1 heterocycles. The SMILES string of the molecule is CNC(C)CNS(=O)(=O)N1CC(C)OC(C)C1. The molecule has 6 nitrogen and oxygen atoms in total. The second-order valence-electron chi connectivity index (χ2n) is 4.62. The fourth-order valence-electron chi connectivity index (χ4n) is 1.75. The number of nitrogens with zero attached hydrogens (tertiary/aromatic N) is 1. The number of likely N-dealkylation sites (N-methyl/N-ethyl adjacent to an activating group) is 1. The van der Waals surface area contributed by atoms with E-state index < -0.39 is 10.2 Å². The Balaban J connectivity index is 2.57. The lowest BCUT2D eigenvalue weighted by Gasteiger charge is -2.34. The van der Waals surface area contributed by atoms with E-state index in [0.717, 1.165) is 0 Å². The van der Waals surface area contributed by atoms with Crippen molar-refractivity contribution in [2.75, 3.05) is 26.7 Å². The van der Waals surface area contributed by atoms with Crippen molar-refractivity contribution in [1.29, 1.82) is 0 Å². The number of hydrogen-bond acceptors (Lipinski definition) is 4. The van der Waals surface area contributed by atoms with Crippen LogP contribution >= 0.6 is 0 Å². The number of morpholine rings is 1. The zero-order valence-electron chi connectivity index (χ0n) is 10.9. The van der Waals surface area contributed by atoms with E-state index in [-0.39, 0.29) is 18.2 Å². The summed E-state index contributed by atoms with van der Waals surface area (Å²) in [7, 11) is -1.59. The molecule has 0 bridgehead atoms. The average molecular weight is 265 g/mol. The van der Waals surface area contributed by atoms with Crippen LogP contribution < -0.4 is 10.0 Å². The zero-order chi connectivity index (χ0) is 13.1. The summed E-state index contributed by atoms with van der Waals surface area (Å²) in [6, 6.07) is 0.112. The summed E-state index contributed by atoms with van der Waals surface area (Å²) >= 11 is 0. The topological polar surface area (TPSA) is 70.7 Å². The fourth-order valence-corrected chi connectivity index (χ4v) is 3.21. The molecule has 1 aliphatic heterocycles. The molecule has 0 saturated carbocycles. The maximum absolute atomic E-state index is 12.0. The summed E-state index contributed by atoms with van der Waals surface area (Å²) in [5, 5.41) is 2.99. The van der Waals surface area contributed by atoms with E-state index in [9.17, 15) is 8.42 Å². The molecule has 1 fully saturated rings. The van der Waals surface area contributed by atoms with Gasteiger partial charge in [-0.2, -0.15) is 12.7 Å². The second-order valence-corrected chi connectivity index (χ2v) is 6.37. The summed E-state index contributed by atoms with van der Waals surface area (Å²) in [5.74, 6) is 0. The number of rotatable bonds is 5. The third-order valence-electron chi connectivity index (χ3n) is 2.79. The Morgan fingerprint density at radius 2 is 1.88 bits per heavy atom. The Bertz CT molecular complexity index is 324. The molecular weight excluding hydrogens is 242 g/mol. The van der Waals surface area contributed by atoms with Crippen LogP contribution in [0.4, 0.5) is 0 Å². The van der Waals surface area contributed by atoms with Crippen molar-refractivity contribution in [3.63, 3.8) is 0 Å². The quantitative estimate of drug-likeness (QED) is 0.705. The lowest BCUT2D eigenvalue weighted by molar-refractivity contribution is -0.0443. The van der Waals surface area contributed by atoms with Crippen LogP contribution in [0.2, 0.25) is 0 Å². The molecule has 0 amide bonds. The molecule has 2 N–H and O–H groups in total. The molecule has 17 heavy (non-hydrogen) atoms. The van der Waals surface area contributed by atoms with Gasteiger partial charge in [0.1, 0.15) is 0 Å². The predicted molar refractivity (Wildman–Crippen MR) is 67.0 cm³/mol. The Morgan fingerprint density at radius 1 is 1.35 bits per heavy atom. The molecule has 1 rings (SSSR count). The molecule has 0 aromatic carbocycles. The second kappa shape index (κ2) is 6.10. The van der Waals surface area contributed by atoms with Gasteiger partial charge in [0.15, 0.2) is 0 Å². The van der Waals surface area contributed by atoms with Crippen LogP contribution in [0.5, 0.6) is 0 Å². The van der Waals surface area contributed by atoms with Crippen LogP contribution in [0.25, 0.3) is 0 Å². The molecule has 0 aromatic rings. The minimum atomic E-state index is -3.39. The molecule has 0 spiro atoms. The van der Waals surface area contributed by atoms with Gasteiger partial charge in [-0.05, 0) is 27.8 Å². The lowest BCUT2D eigenvalue weighted by Crippen LogP contribution is -2.53. The molecule has 0 radical (unpaired) electrons. The first-order valence-corrected chi connectivity index (χ1v) is 7.36. The molecule has 102 valence electrons. The fraction of sp³-hybridized carbons (Fsp3) is 1.00. The van der Waals surface area contributed by atoms with Gasteiger partial charge in [0.25, 0.3) is 10.2 Å². The highest BCUT2D eigenvalue weighted by atomic mass is 32.2. The van der Waals surface area contributed by atoms with Gasteiger partial charge in [0, 0.05) is 25.7 Å². The van der Waals surface area contributed by atoms with E-state index in [2.05, 4.69) is 10.0 Å². The third-order valence-corrected chi connectivity index (χ3v) is 4.30. The van der Waals surface area contributed by atoms with Gasteiger partial charge in [-0.15, -0.1) is 0 Å². The van der Waals surface area contributed by atoms with E-state index in [1.54, 1.807) is 7.05 Å². The van der Waals surface area contributed by atoms with Gasteiger partial charge >= 0.3 is 0 Å². The van der Waals surface area contributed by atoms with Crippen LogP contribution in [0.15, 0.2) is 0 Å².